The lowest BCUT2D eigenvalue weighted by atomic mass is 10.1. The quantitative estimate of drug-likeness (QED) is 0.508. The predicted molar refractivity (Wildman–Crippen MR) is 104 cm³/mol. The molecule has 6 heteroatoms. The van der Waals surface area contributed by atoms with Gasteiger partial charge >= 0.3 is 5.97 Å². The molecule has 4 rings (SSSR count). The molecule has 1 aliphatic heterocycles. The predicted octanol–water partition coefficient (Wildman–Crippen LogP) is 4.02. The molecule has 3 aromatic rings. The lowest BCUT2D eigenvalue weighted by Crippen LogP contribution is -2.39. The fraction of sp³-hybridized carbons (Fsp3) is 0.190. The highest BCUT2D eigenvalue weighted by atomic mass is 35.5. The lowest BCUT2D eigenvalue weighted by molar-refractivity contribution is -0.126. The van der Waals surface area contributed by atoms with E-state index in [1.165, 1.54) is 6.07 Å². The SMILES string of the molecule is C[C@H](OC(=O)c1cc(Cl)nc2ccccc12)C(=O)N1CCc2ccccc21. The molecule has 136 valence electrons. The third-order valence-corrected chi connectivity index (χ3v) is 4.88. The number of para-hydroxylation sites is 2. The molecule has 0 radical (unpaired) electrons. The zero-order chi connectivity index (χ0) is 19.0. The molecular formula is C21H17ClN2O3. The Morgan fingerprint density at radius 3 is 2.74 bits per heavy atom. The van der Waals surface area contributed by atoms with Crippen LogP contribution in [0.5, 0.6) is 0 Å². The number of amides is 1. The van der Waals surface area contributed by atoms with Crippen molar-refractivity contribution >= 4 is 40.1 Å². The number of rotatable bonds is 3. The van der Waals surface area contributed by atoms with Crippen molar-refractivity contribution in [3.8, 4) is 0 Å². The summed E-state index contributed by atoms with van der Waals surface area (Å²) in [5, 5.41) is 0.839. The van der Waals surface area contributed by atoms with Gasteiger partial charge in [0.15, 0.2) is 6.10 Å². The van der Waals surface area contributed by atoms with E-state index in [4.69, 9.17) is 16.3 Å². The number of esters is 1. The summed E-state index contributed by atoms with van der Waals surface area (Å²) in [6.07, 6.45) is -0.109. The number of nitrogens with zero attached hydrogens (tertiary/aromatic N) is 2. The summed E-state index contributed by atoms with van der Waals surface area (Å²) in [6.45, 7) is 2.18. The van der Waals surface area contributed by atoms with E-state index in [0.29, 0.717) is 23.0 Å². The highest BCUT2D eigenvalue weighted by Crippen LogP contribution is 2.28. The summed E-state index contributed by atoms with van der Waals surface area (Å²) in [4.78, 5) is 31.4. The highest BCUT2D eigenvalue weighted by molar-refractivity contribution is 6.30. The zero-order valence-corrected chi connectivity index (χ0v) is 15.4. The van der Waals surface area contributed by atoms with E-state index in [2.05, 4.69) is 4.98 Å². The summed E-state index contributed by atoms with van der Waals surface area (Å²) in [6, 6.07) is 16.4. The Hall–Kier alpha value is -2.92. The Morgan fingerprint density at radius 2 is 1.89 bits per heavy atom. The Morgan fingerprint density at radius 1 is 1.15 bits per heavy atom. The summed E-state index contributed by atoms with van der Waals surface area (Å²) in [5.74, 6) is -0.832. The number of fused-ring (bicyclic) bond motifs is 2. The van der Waals surface area contributed by atoms with E-state index >= 15 is 0 Å². The molecule has 2 heterocycles. The molecule has 0 N–H and O–H groups in total. The summed E-state index contributed by atoms with van der Waals surface area (Å²) >= 11 is 6.03. The third-order valence-electron chi connectivity index (χ3n) is 4.69. The van der Waals surface area contributed by atoms with Crippen LogP contribution in [-0.2, 0) is 16.0 Å². The van der Waals surface area contributed by atoms with Gasteiger partial charge in [-0.05, 0) is 37.1 Å². The number of halogens is 1. The van der Waals surface area contributed by atoms with E-state index in [-0.39, 0.29) is 11.1 Å². The molecule has 0 saturated carbocycles. The minimum Gasteiger partial charge on any atom is -0.449 e. The normalized spacial score (nSPS) is 14.1. The Kier molecular flexibility index (Phi) is 4.54. The molecule has 1 amide bonds. The minimum atomic E-state index is -0.908. The molecule has 0 saturated heterocycles. The van der Waals surface area contributed by atoms with Gasteiger partial charge in [0.1, 0.15) is 5.15 Å². The number of aromatic nitrogens is 1. The largest absolute Gasteiger partial charge is 0.449 e. The zero-order valence-electron chi connectivity index (χ0n) is 14.7. The van der Waals surface area contributed by atoms with Crippen molar-refractivity contribution in [1.82, 2.24) is 4.98 Å². The van der Waals surface area contributed by atoms with Gasteiger partial charge in [-0.1, -0.05) is 48.0 Å². The number of hydrogen-bond acceptors (Lipinski definition) is 4. The fourth-order valence-corrected chi connectivity index (χ4v) is 3.57. The van der Waals surface area contributed by atoms with Gasteiger partial charge in [0, 0.05) is 17.6 Å². The van der Waals surface area contributed by atoms with Crippen molar-refractivity contribution in [2.75, 3.05) is 11.4 Å². The van der Waals surface area contributed by atoms with E-state index < -0.39 is 12.1 Å². The number of pyridine rings is 1. The second kappa shape index (κ2) is 7.00. The van der Waals surface area contributed by atoms with Crippen LogP contribution in [0.2, 0.25) is 5.15 Å². The van der Waals surface area contributed by atoms with Gasteiger partial charge in [-0.25, -0.2) is 9.78 Å². The second-order valence-corrected chi connectivity index (χ2v) is 6.81. The van der Waals surface area contributed by atoms with E-state index in [0.717, 1.165) is 17.7 Å². The van der Waals surface area contributed by atoms with Gasteiger partial charge in [0.05, 0.1) is 11.1 Å². The molecule has 27 heavy (non-hydrogen) atoms. The first-order valence-corrected chi connectivity index (χ1v) is 9.08. The maximum atomic E-state index is 12.8. The molecule has 1 aliphatic rings. The standard InChI is InChI=1S/C21H17ClN2O3/c1-13(20(25)24-11-10-14-6-2-5-9-18(14)24)27-21(26)16-12-19(22)23-17-8-4-3-7-15(16)17/h2-9,12-13H,10-11H2,1H3/t13-/m0/s1. The summed E-state index contributed by atoms with van der Waals surface area (Å²) in [5.41, 5.74) is 2.90. The van der Waals surface area contributed by atoms with Crippen molar-refractivity contribution in [3.05, 3.63) is 70.9 Å². The van der Waals surface area contributed by atoms with Crippen molar-refractivity contribution in [2.45, 2.75) is 19.4 Å². The Labute approximate surface area is 161 Å². The van der Waals surface area contributed by atoms with Crippen LogP contribution in [0.15, 0.2) is 54.6 Å². The Balaban J connectivity index is 1.56. The van der Waals surface area contributed by atoms with Crippen molar-refractivity contribution in [1.29, 1.82) is 0 Å². The first-order chi connectivity index (χ1) is 13.0. The molecule has 0 fully saturated rings. The number of carbonyl (C=O) groups excluding carboxylic acids is 2. The van der Waals surface area contributed by atoms with E-state index in [1.807, 2.05) is 36.4 Å². The maximum absolute atomic E-state index is 12.8. The molecule has 0 bridgehead atoms. The number of carbonyl (C=O) groups is 2. The van der Waals surface area contributed by atoms with Gasteiger partial charge in [0.2, 0.25) is 0 Å². The molecule has 0 aliphatic carbocycles. The van der Waals surface area contributed by atoms with Crippen LogP contribution < -0.4 is 4.90 Å². The number of anilines is 1. The fourth-order valence-electron chi connectivity index (χ4n) is 3.37. The topological polar surface area (TPSA) is 59.5 Å². The van der Waals surface area contributed by atoms with Gasteiger partial charge in [0.25, 0.3) is 5.91 Å². The van der Waals surface area contributed by atoms with Gasteiger partial charge in [-0.3, -0.25) is 4.79 Å². The van der Waals surface area contributed by atoms with Gasteiger partial charge < -0.3 is 9.64 Å². The first-order valence-electron chi connectivity index (χ1n) is 8.70. The van der Waals surface area contributed by atoms with Crippen molar-refractivity contribution in [2.24, 2.45) is 0 Å². The van der Waals surface area contributed by atoms with Crippen LogP contribution in [0.25, 0.3) is 10.9 Å². The molecule has 2 aromatic carbocycles. The number of ether oxygens (including phenoxy) is 1. The molecule has 0 spiro atoms. The van der Waals surface area contributed by atoms with Gasteiger partial charge in [-0.15, -0.1) is 0 Å². The van der Waals surface area contributed by atoms with E-state index in [1.54, 1.807) is 24.0 Å². The van der Waals surface area contributed by atoms with Crippen LogP contribution in [0.4, 0.5) is 5.69 Å². The first kappa shape index (κ1) is 17.5. The monoisotopic (exact) mass is 380 g/mol. The summed E-state index contributed by atoms with van der Waals surface area (Å²) in [7, 11) is 0. The molecule has 1 atom stereocenters. The molecule has 1 aromatic heterocycles. The van der Waals surface area contributed by atoms with Crippen molar-refractivity contribution < 1.29 is 14.3 Å². The lowest BCUT2D eigenvalue weighted by Gasteiger charge is -2.22. The highest BCUT2D eigenvalue weighted by Gasteiger charge is 2.30. The van der Waals surface area contributed by atoms with E-state index in [9.17, 15) is 9.59 Å². The van der Waals surface area contributed by atoms with Crippen LogP contribution in [0.3, 0.4) is 0 Å². The second-order valence-electron chi connectivity index (χ2n) is 6.43. The molecule has 0 unspecified atom stereocenters. The van der Waals surface area contributed by atoms with Crippen LogP contribution in [-0.4, -0.2) is 29.5 Å². The third kappa shape index (κ3) is 3.26. The molecule has 5 nitrogen and oxygen atoms in total. The average molecular weight is 381 g/mol. The average Bonchev–Trinajstić information content (AvgIpc) is 3.10. The van der Waals surface area contributed by atoms with Crippen molar-refractivity contribution in [3.63, 3.8) is 0 Å². The van der Waals surface area contributed by atoms with Gasteiger partial charge in [-0.2, -0.15) is 0 Å². The Bertz CT molecular complexity index is 1050. The summed E-state index contributed by atoms with van der Waals surface area (Å²) < 4.78 is 5.47. The molecular weight excluding hydrogens is 364 g/mol. The maximum Gasteiger partial charge on any atom is 0.339 e. The number of benzene rings is 2. The van der Waals surface area contributed by atoms with Crippen LogP contribution in [0.1, 0.15) is 22.8 Å². The van der Waals surface area contributed by atoms with Crippen LogP contribution in [0, 0.1) is 0 Å². The smallest absolute Gasteiger partial charge is 0.339 e. The minimum absolute atomic E-state index is 0.202. The number of hydrogen-bond donors (Lipinski definition) is 0. The van der Waals surface area contributed by atoms with Crippen LogP contribution >= 0.6 is 11.6 Å².